The number of ether oxygens (including phenoxy) is 2. The summed E-state index contributed by atoms with van der Waals surface area (Å²) in [6, 6.07) is 2.71. The number of hydrogen-bond acceptors (Lipinski definition) is 4. The zero-order valence-electron chi connectivity index (χ0n) is 10.1. The molecule has 0 bridgehead atoms. The molecule has 100 valence electrons. The van der Waals surface area contributed by atoms with E-state index in [0.29, 0.717) is 34.9 Å². The molecule has 19 heavy (non-hydrogen) atoms. The number of terminal acetylenes is 1. The van der Waals surface area contributed by atoms with E-state index < -0.39 is 6.04 Å². The van der Waals surface area contributed by atoms with E-state index in [-0.39, 0.29) is 12.3 Å². The minimum atomic E-state index is -0.731. The van der Waals surface area contributed by atoms with E-state index in [1.807, 2.05) is 0 Å². The lowest BCUT2D eigenvalue weighted by Crippen LogP contribution is -2.35. The summed E-state index contributed by atoms with van der Waals surface area (Å²) in [5, 5.41) is 2.70. The van der Waals surface area contributed by atoms with Crippen LogP contribution in [-0.2, 0) is 4.79 Å². The van der Waals surface area contributed by atoms with Crippen LogP contribution in [0.15, 0.2) is 16.6 Å². The van der Waals surface area contributed by atoms with E-state index in [0.717, 1.165) is 0 Å². The van der Waals surface area contributed by atoms with Crippen LogP contribution >= 0.6 is 15.9 Å². The number of anilines is 1. The van der Waals surface area contributed by atoms with Crippen molar-refractivity contribution in [1.29, 1.82) is 0 Å². The summed E-state index contributed by atoms with van der Waals surface area (Å²) in [5.74, 6) is 3.25. The second-order valence-corrected chi connectivity index (χ2v) is 4.83. The fourth-order valence-corrected chi connectivity index (χ4v) is 2.03. The Hall–Kier alpha value is -1.71. The number of hydrogen-bond donors (Lipinski definition) is 2. The van der Waals surface area contributed by atoms with Crippen molar-refractivity contribution in [3.05, 3.63) is 16.6 Å². The Bertz CT molecular complexity index is 539. The summed E-state index contributed by atoms with van der Waals surface area (Å²) in [5.41, 5.74) is 6.21. The Morgan fingerprint density at radius 2 is 2.11 bits per heavy atom. The van der Waals surface area contributed by atoms with Crippen LogP contribution in [0, 0.1) is 12.3 Å². The topological polar surface area (TPSA) is 73.6 Å². The van der Waals surface area contributed by atoms with Gasteiger partial charge in [0.25, 0.3) is 0 Å². The van der Waals surface area contributed by atoms with Gasteiger partial charge in [0.2, 0.25) is 5.91 Å². The van der Waals surface area contributed by atoms with E-state index >= 15 is 0 Å². The predicted octanol–water partition coefficient (Wildman–Crippen LogP) is 1.51. The molecule has 5 nitrogen and oxygen atoms in total. The molecular formula is C13H13BrN2O3. The van der Waals surface area contributed by atoms with E-state index in [2.05, 4.69) is 27.2 Å². The fraction of sp³-hybridized carbons (Fsp3) is 0.308. The minimum absolute atomic E-state index is 0.188. The van der Waals surface area contributed by atoms with Crippen molar-refractivity contribution in [3.8, 4) is 23.8 Å². The van der Waals surface area contributed by atoms with Gasteiger partial charge in [0.05, 0.1) is 11.7 Å². The Morgan fingerprint density at radius 1 is 1.47 bits per heavy atom. The molecule has 0 aliphatic carbocycles. The monoisotopic (exact) mass is 324 g/mol. The summed E-state index contributed by atoms with van der Waals surface area (Å²) in [6.07, 6.45) is 5.31. The molecule has 1 aromatic carbocycles. The van der Waals surface area contributed by atoms with E-state index in [1.165, 1.54) is 0 Å². The average Bonchev–Trinajstić information content (AvgIpc) is 2.39. The third-order valence-corrected chi connectivity index (χ3v) is 3.22. The van der Waals surface area contributed by atoms with Crippen LogP contribution in [0.2, 0.25) is 0 Å². The highest BCUT2D eigenvalue weighted by atomic mass is 79.9. The van der Waals surface area contributed by atoms with Gasteiger partial charge in [0, 0.05) is 23.0 Å². The van der Waals surface area contributed by atoms with Gasteiger partial charge in [-0.15, -0.1) is 12.3 Å². The van der Waals surface area contributed by atoms with Gasteiger partial charge >= 0.3 is 0 Å². The van der Waals surface area contributed by atoms with Gasteiger partial charge in [-0.2, -0.15) is 0 Å². The van der Waals surface area contributed by atoms with Crippen molar-refractivity contribution in [2.75, 3.05) is 18.5 Å². The molecule has 1 heterocycles. The third-order valence-electron chi connectivity index (χ3n) is 2.56. The highest BCUT2D eigenvalue weighted by molar-refractivity contribution is 9.10. The Morgan fingerprint density at radius 3 is 2.74 bits per heavy atom. The maximum Gasteiger partial charge on any atom is 0.242 e. The zero-order valence-corrected chi connectivity index (χ0v) is 11.7. The number of carbonyl (C=O) groups excluding carboxylic acids is 1. The lowest BCUT2D eigenvalue weighted by Gasteiger charge is -2.20. The maximum absolute atomic E-state index is 11.8. The summed E-state index contributed by atoms with van der Waals surface area (Å²) in [7, 11) is 0. The van der Waals surface area contributed by atoms with Crippen molar-refractivity contribution in [1.82, 2.24) is 0 Å². The normalized spacial score (nSPS) is 14.4. The number of nitrogens with two attached hydrogens (primary N) is 1. The van der Waals surface area contributed by atoms with Gasteiger partial charge in [-0.05, 0) is 15.9 Å². The number of halogens is 1. The fourth-order valence-electron chi connectivity index (χ4n) is 1.60. The lowest BCUT2D eigenvalue weighted by molar-refractivity contribution is -0.117. The van der Waals surface area contributed by atoms with Gasteiger partial charge in [0.15, 0.2) is 11.5 Å². The van der Waals surface area contributed by atoms with Crippen molar-refractivity contribution in [3.63, 3.8) is 0 Å². The first-order valence-electron chi connectivity index (χ1n) is 5.71. The number of fused-ring (bicyclic) bond motifs is 1. The Balaban J connectivity index is 2.17. The first kappa shape index (κ1) is 13.7. The summed E-state index contributed by atoms with van der Waals surface area (Å²) >= 11 is 3.36. The first-order valence-corrected chi connectivity index (χ1v) is 6.50. The molecule has 0 aromatic heterocycles. The van der Waals surface area contributed by atoms with Crippen LogP contribution in [0.25, 0.3) is 0 Å². The number of carbonyl (C=O) groups is 1. The van der Waals surface area contributed by atoms with Gasteiger partial charge in [-0.25, -0.2) is 0 Å². The molecule has 6 heteroatoms. The number of rotatable bonds is 3. The molecule has 1 unspecified atom stereocenters. The lowest BCUT2D eigenvalue weighted by atomic mass is 10.2. The second kappa shape index (κ2) is 5.95. The van der Waals surface area contributed by atoms with Gasteiger partial charge in [-0.3, -0.25) is 4.79 Å². The molecule has 3 N–H and O–H groups in total. The number of benzene rings is 1. The highest BCUT2D eigenvalue weighted by Gasteiger charge is 2.18. The largest absolute Gasteiger partial charge is 0.486 e. The van der Waals surface area contributed by atoms with Crippen molar-refractivity contribution in [2.45, 2.75) is 12.5 Å². The molecule has 1 amide bonds. The summed E-state index contributed by atoms with van der Waals surface area (Å²) in [4.78, 5) is 11.8. The van der Waals surface area contributed by atoms with Crippen LogP contribution in [0.4, 0.5) is 5.69 Å². The number of amides is 1. The van der Waals surface area contributed by atoms with Gasteiger partial charge < -0.3 is 20.5 Å². The number of nitrogens with one attached hydrogen (secondary N) is 1. The molecular weight excluding hydrogens is 312 g/mol. The molecule has 2 rings (SSSR count). The molecule has 1 aromatic rings. The second-order valence-electron chi connectivity index (χ2n) is 3.98. The van der Waals surface area contributed by atoms with E-state index in [9.17, 15) is 4.79 Å². The first-order chi connectivity index (χ1) is 9.11. The molecule has 0 radical (unpaired) electrons. The van der Waals surface area contributed by atoms with Crippen LogP contribution in [0.5, 0.6) is 11.5 Å². The van der Waals surface area contributed by atoms with Crippen LogP contribution in [0.1, 0.15) is 6.42 Å². The maximum atomic E-state index is 11.8. The molecule has 1 aliphatic rings. The third kappa shape index (κ3) is 3.19. The molecule has 0 saturated carbocycles. The standard InChI is InChI=1S/C13H13BrN2O3/c1-2-3-9(15)13(17)16-10-7-12-11(6-8(10)14)18-4-5-19-12/h1,6-7,9H,3-5,15H2,(H,16,17). The van der Waals surface area contributed by atoms with Crippen LogP contribution in [-0.4, -0.2) is 25.2 Å². The molecule has 1 atom stereocenters. The van der Waals surface area contributed by atoms with Gasteiger partial charge in [0.1, 0.15) is 13.2 Å². The molecule has 1 aliphatic heterocycles. The smallest absolute Gasteiger partial charge is 0.242 e. The quantitative estimate of drug-likeness (QED) is 0.826. The van der Waals surface area contributed by atoms with Crippen molar-refractivity contribution in [2.24, 2.45) is 5.73 Å². The summed E-state index contributed by atoms with van der Waals surface area (Å²) in [6.45, 7) is 0.997. The zero-order chi connectivity index (χ0) is 13.8. The highest BCUT2D eigenvalue weighted by Crippen LogP contribution is 2.38. The van der Waals surface area contributed by atoms with Crippen LogP contribution in [0.3, 0.4) is 0 Å². The molecule has 0 fully saturated rings. The molecule has 0 spiro atoms. The van der Waals surface area contributed by atoms with Crippen molar-refractivity contribution >= 4 is 27.5 Å². The van der Waals surface area contributed by atoms with Crippen LogP contribution < -0.4 is 20.5 Å². The van der Waals surface area contributed by atoms with E-state index in [4.69, 9.17) is 21.6 Å². The predicted molar refractivity (Wildman–Crippen MR) is 75.2 cm³/mol. The van der Waals surface area contributed by atoms with Gasteiger partial charge in [-0.1, -0.05) is 0 Å². The van der Waals surface area contributed by atoms with Crippen molar-refractivity contribution < 1.29 is 14.3 Å². The Kier molecular flexibility index (Phi) is 4.30. The average molecular weight is 325 g/mol. The Labute approximate surface area is 119 Å². The summed E-state index contributed by atoms with van der Waals surface area (Å²) < 4.78 is 11.6. The minimum Gasteiger partial charge on any atom is -0.486 e. The van der Waals surface area contributed by atoms with E-state index in [1.54, 1.807) is 12.1 Å². The SMILES string of the molecule is C#CCC(N)C(=O)Nc1cc2c(cc1Br)OCCO2. The molecule has 0 saturated heterocycles.